The highest BCUT2D eigenvalue weighted by atomic mass is 16.4. The summed E-state index contributed by atoms with van der Waals surface area (Å²) in [7, 11) is 0. The first-order valence-electron chi connectivity index (χ1n) is 6.61. The molecular formula is C14H19N3O4. The van der Waals surface area contributed by atoms with Gasteiger partial charge in [-0.2, -0.15) is 0 Å². The number of nitrogens with two attached hydrogens (primary N) is 1. The van der Waals surface area contributed by atoms with Crippen LogP contribution in [0.1, 0.15) is 28.8 Å². The number of amides is 3. The van der Waals surface area contributed by atoms with Crippen LogP contribution in [0.25, 0.3) is 0 Å². The van der Waals surface area contributed by atoms with E-state index in [-0.39, 0.29) is 18.0 Å². The van der Waals surface area contributed by atoms with Crippen molar-refractivity contribution < 1.29 is 19.5 Å². The van der Waals surface area contributed by atoms with Crippen molar-refractivity contribution in [2.75, 3.05) is 13.1 Å². The summed E-state index contributed by atoms with van der Waals surface area (Å²) >= 11 is 0. The first-order valence-corrected chi connectivity index (χ1v) is 6.61. The number of carboxylic acid groups (broad SMARTS) is 1. The molecule has 0 radical (unpaired) electrons. The highest BCUT2D eigenvalue weighted by molar-refractivity contribution is 5.87. The van der Waals surface area contributed by atoms with Gasteiger partial charge >= 0.3 is 12.0 Å². The average molecular weight is 293 g/mol. The molecule has 0 bridgehead atoms. The minimum Gasteiger partial charge on any atom is -0.478 e. The van der Waals surface area contributed by atoms with Crippen LogP contribution in [0.15, 0.2) is 24.3 Å². The Morgan fingerprint density at radius 1 is 1.14 bits per heavy atom. The Bertz CT molecular complexity index is 517. The molecule has 0 aliphatic rings. The molecule has 0 saturated heterocycles. The van der Waals surface area contributed by atoms with Gasteiger partial charge in [-0.1, -0.05) is 12.1 Å². The van der Waals surface area contributed by atoms with Crippen molar-refractivity contribution in [3.63, 3.8) is 0 Å². The molecule has 0 spiro atoms. The lowest BCUT2D eigenvalue weighted by Crippen LogP contribution is -2.37. The van der Waals surface area contributed by atoms with Crippen LogP contribution in [0.4, 0.5) is 4.79 Å². The van der Waals surface area contributed by atoms with E-state index in [4.69, 9.17) is 10.8 Å². The highest BCUT2D eigenvalue weighted by Gasteiger charge is 2.04. The van der Waals surface area contributed by atoms with E-state index in [9.17, 15) is 14.4 Å². The number of hydrogen-bond donors (Lipinski definition) is 4. The largest absolute Gasteiger partial charge is 0.478 e. The Kier molecular flexibility index (Phi) is 6.73. The molecule has 7 heteroatoms. The summed E-state index contributed by atoms with van der Waals surface area (Å²) in [4.78, 5) is 32.7. The molecular weight excluding hydrogens is 274 g/mol. The van der Waals surface area contributed by atoms with E-state index < -0.39 is 11.9 Å². The van der Waals surface area contributed by atoms with Gasteiger partial charge in [-0.3, -0.25) is 4.79 Å². The summed E-state index contributed by atoms with van der Waals surface area (Å²) in [6, 6.07) is 6.25. The molecule has 0 saturated carbocycles. The molecule has 1 rings (SSSR count). The molecule has 0 fully saturated rings. The smallest absolute Gasteiger partial charge is 0.335 e. The molecule has 1 aromatic rings. The first kappa shape index (κ1) is 16.5. The minimum absolute atomic E-state index is 0.225. The van der Waals surface area contributed by atoms with Crippen molar-refractivity contribution in [3.05, 3.63) is 35.4 Å². The molecule has 0 aromatic heterocycles. The second kappa shape index (κ2) is 8.57. The maximum atomic E-state index is 11.4. The van der Waals surface area contributed by atoms with Gasteiger partial charge in [-0.15, -0.1) is 0 Å². The Morgan fingerprint density at radius 3 is 2.52 bits per heavy atom. The zero-order valence-electron chi connectivity index (χ0n) is 11.6. The molecule has 0 atom stereocenters. The molecule has 1 aromatic carbocycles. The van der Waals surface area contributed by atoms with Gasteiger partial charge in [0.1, 0.15) is 0 Å². The lowest BCUT2D eigenvalue weighted by atomic mass is 10.1. The minimum atomic E-state index is -0.975. The van der Waals surface area contributed by atoms with Crippen LogP contribution in [0.3, 0.4) is 0 Å². The van der Waals surface area contributed by atoms with E-state index in [1.807, 2.05) is 0 Å². The van der Waals surface area contributed by atoms with Crippen LogP contribution in [0, 0.1) is 0 Å². The van der Waals surface area contributed by atoms with Gasteiger partial charge in [0.2, 0.25) is 5.91 Å². The zero-order chi connectivity index (χ0) is 15.7. The number of urea groups is 1. The van der Waals surface area contributed by atoms with E-state index in [1.54, 1.807) is 18.2 Å². The predicted molar refractivity (Wildman–Crippen MR) is 76.9 cm³/mol. The van der Waals surface area contributed by atoms with Crippen LogP contribution in [0.2, 0.25) is 0 Å². The third kappa shape index (κ3) is 6.95. The molecule has 3 amide bonds. The van der Waals surface area contributed by atoms with Crippen molar-refractivity contribution in [1.82, 2.24) is 10.6 Å². The van der Waals surface area contributed by atoms with Crippen molar-refractivity contribution in [2.45, 2.75) is 19.3 Å². The van der Waals surface area contributed by atoms with Crippen molar-refractivity contribution in [3.8, 4) is 0 Å². The van der Waals surface area contributed by atoms with Gasteiger partial charge in [0.05, 0.1) is 5.56 Å². The number of primary amides is 1. The summed E-state index contributed by atoms with van der Waals surface area (Å²) in [6.45, 7) is 0.772. The van der Waals surface area contributed by atoms with Gasteiger partial charge in [0.25, 0.3) is 0 Å². The maximum Gasteiger partial charge on any atom is 0.335 e. The SMILES string of the molecule is NC(=O)CCCNC(=O)NCCc1cccc(C(=O)O)c1. The van der Waals surface area contributed by atoms with Gasteiger partial charge < -0.3 is 21.5 Å². The fraction of sp³-hybridized carbons (Fsp3) is 0.357. The Morgan fingerprint density at radius 2 is 1.86 bits per heavy atom. The number of carbonyl (C=O) groups is 3. The van der Waals surface area contributed by atoms with Gasteiger partial charge in [-0.05, 0) is 30.5 Å². The van der Waals surface area contributed by atoms with E-state index in [0.29, 0.717) is 25.9 Å². The first-order chi connectivity index (χ1) is 9.99. The lowest BCUT2D eigenvalue weighted by Gasteiger charge is -2.07. The van der Waals surface area contributed by atoms with Crippen molar-refractivity contribution >= 4 is 17.9 Å². The van der Waals surface area contributed by atoms with Gasteiger partial charge in [-0.25, -0.2) is 9.59 Å². The van der Waals surface area contributed by atoms with Crippen molar-refractivity contribution in [1.29, 1.82) is 0 Å². The fourth-order valence-electron chi connectivity index (χ4n) is 1.71. The maximum absolute atomic E-state index is 11.4. The second-order valence-corrected chi connectivity index (χ2v) is 4.51. The number of carboxylic acids is 1. The summed E-state index contributed by atoms with van der Waals surface area (Å²) < 4.78 is 0. The summed E-state index contributed by atoms with van der Waals surface area (Å²) in [5, 5.41) is 14.1. The highest BCUT2D eigenvalue weighted by Crippen LogP contribution is 2.05. The monoisotopic (exact) mass is 293 g/mol. The predicted octanol–water partition coefficient (Wildman–Crippen LogP) is 0.492. The Hall–Kier alpha value is -2.57. The van der Waals surface area contributed by atoms with Crippen LogP contribution in [-0.4, -0.2) is 36.1 Å². The second-order valence-electron chi connectivity index (χ2n) is 4.51. The van der Waals surface area contributed by atoms with Gasteiger partial charge in [0, 0.05) is 19.5 Å². The number of rotatable bonds is 8. The van der Waals surface area contributed by atoms with E-state index in [0.717, 1.165) is 5.56 Å². The molecule has 0 heterocycles. The molecule has 21 heavy (non-hydrogen) atoms. The molecule has 114 valence electrons. The molecule has 0 aliphatic heterocycles. The molecule has 0 aliphatic carbocycles. The van der Waals surface area contributed by atoms with Crippen LogP contribution in [0.5, 0.6) is 0 Å². The van der Waals surface area contributed by atoms with Crippen LogP contribution >= 0.6 is 0 Å². The Labute approximate surface area is 122 Å². The lowest BCUT2D eigenvalue weighted by molar-refractivity contribution is -0.118. The fourth-order valence-corrected chi connectivity index (χ4v) is 1.71. The number of nitrogens with one attached hydrogen (secondary N) is 2. The molecule has 7 nitrogen and oxygen atoms in total. The van der Waals surface area contributed by atoms with E-state index in [2.05, 4.69) is 10.6 Å². The standard InChI is InChI=1S/C14H19N3O4/c15-12(18)5-2-7-16-14(21)17-8-6-10-3-1-4-11(9-10)13(19)20/h1,3-4,9H,2,5-8H2,(H2,15,18)(H,19,20)(H2,16,17,21). The average Bonchev–Trinajstić information content (AvgIpc) is 2.44. The quantitative estimate of drug-likeness (QED) is 0.521. The topological polar surface area (TPSA) is 122 Å². The number of aromatic carboxylic acids is 1. The van der Waals surface area contributed by atoms with Crippen LogP contribution < -0.4 is 16.4 Å². The Balaban J connectivity index is 2.23. The third-order valence-corrected chi connectivity index (χ3v) is 2.76. The van der Waals surface area contributed by atoms with Gasteiger partial charge in [0.15, 0.2) is 0 Å². The summed E-state index contributed by atoms with van der Waals surface area (Å²) in [5.41, 5.74) is 6.04. The zero-order valence-corrected chi connectivity index (χ0v) is 11.6. The normalized spacial score (nSPS) is 9.90. The molecule has 5 N–H and O–H groups in total. The summed E-state index contributed by atoms with van der Waals surface area (Å²) in [6.07, 6.45) is 1.28. The van der Waals surface area contributed by atoms with Crippen molar-refractivity contribution in [2.24, 2.45) is 5.73 Å². The third-order valence-electron chi connectivity index (χ3n) is 2.76. The molecule has 0 unspecified atom stereocenters. The summed E-state index contributed by atoms with van der Waals surface area (Å²) in [5.74, 6) is -1.37. The van der Waals surface area contributed by atoms with E-state index >= 15 is 0 Å². The number of benzene rings is 1. The number of hydrogen-bond acceptors (Lipinski definition) is 3. The van der Waals surface area contributed by atoms with Crippen LogP contribution in [-0.2, 0) is 11.2 Å². The van der Waals surface area contributed by atoms with E-state index in [1.165, 1.54) is 6.07 Å². The number of carbonyl (C=O) groups excluding carboxylic acids is 2.